The summed E-state index contributed by atoms with van der Waals surface area (Å²) in [4.78, 5) is 26.1. The highest BCUT2D eigenvalue weighted by Crippen LogP contribution is 2.24. The second-order valence-corrected chi connectivity index (χ2v) is 5.12. The van der Waals surface area contributed by atoms with Crippen LogP contribution in [0.2, 0.25) is 0 Å². The Labute approximate surface area is 117 Å². The number of pyridine rings is 1. The summed E-state index contributed by atoms with van der Waals surface area (Å²) < 4.78 is 0. The lowest BCUT2D eigenvalue weighted by molar-refractivity contribution is -0.386. The summed E-state index contributed by atoms with van der Waals surface area (Å²) in [5, 5.41) is 14.0. The summed E-state index contributed by atoms with van der Waals surface area (Å²) in [5.41, 5.74) is 6.96. The van der Waals surface area contributed by atoms with Crippen LogP contribution in [0.3, 0.4) is 0 Å². The number of nitro groups is 1. The second kappa shape index (κ2) is 6.42. The van der Waals surface area contributed by atoms with Crippen LogP contribution >= 0.6 is 0 Å². The van der Waals surface area contributed by atoms with Crippen LogP contribution in [0.1, 0.15) is 30.7 Å². The van der Waals surface area contributed by atoms with Crippen molar-refractivity contribution in [2.24, 2.45) is 11.7 Å². The van der Waals surface area contributed by atoms with Crippen molar-refractivity contribution < 1.29 is 9.72 Å². The van der Waals surface area contributed by atoms with Crippen molar-refractivity contribution in [3.63, 3.8) is 0 Å². The van der Waals surface area contributed by atoms with Gasteiger partial charge in [-0.3, -0.25) is 25.2 Å². The summed E-state index contributed by atoms with van der Waals surface area (Å²) in [6.07, 6.45) is 1.47. The Bertz CT molecular complexity index is 529. The van der Waals surface area contributed by atoms with Gasteiger partial charge in [0.25, 0.3) is 5.69 Å². The first kappa shape index (κ1) is 16.0. The monoisotopic (exact) mass is 280 g/mol. The summed E-state index contributed by atoms with van der Waals surface area (Å²) in [6, 6.07) is -0.489. The average Bonchev–Trinajstić information content (AvgIpc) is 2.30. The summed E-state index contributed by atoms with van der Waals surface area (Å²) in [7, 11) is 0. The number of hydrogen-bond acceptors (Lipinski definition) is 5. The van der Waals surface area contributed by atoms with E-state index in [1.165, 1.54) is 6.20 Å². The fourth-order valence-electron chi connectivity index (χ4n) is 2.10. The number of carbonyl (C=O) groups is 1. The van der Waals surface area contributed by atoms with Crippen LogP contribution in [0.4, 0.5) is 5.69 Å². The molecule has 0 aromatic carbocycles. The molecule has 7 nitrogen and oxygen atoms in total. The van der Waals surface area contributed by atoms with Crippen LogP contribution in [0.25, 0.3) is 0 Å². The largest absolute Gasteiger partial charge is 0.368 e. The maximum Gasteiger partial charge on any atom is 0.278 e. The standard InChI is InChI=1S/C13H20N4O3/c1-7(2)11(13(14)18)16-6-10-9(4)12(17(19)20)8(3)5-15-10/h5,7,11,16H,6H2,1-4H3,(H2,14,18). The number of aryl methyl sites for hydroxylation is 1. The van der Waals surface area contributed by atoms with Crippen LogP contribution < -0.4 is 11.1 Å². The van der Waals surface area contributed by atoms with Crippen molar-refractivity contribution in [1.82, 2.24) is 10.3 Å². The quantitative estimate of drug-likeness (QED) is 0.601. The fourth-order valence-corrected chi connectivity index (χ4v) is 2.10. The minimum Gasteiger partial charge on any atom is -0.368 e. The lowest BCUT2D eigenvalue weighted by Crippen LogP contribution is -2.44. The van der Waals surface area contributed by atoms with E-state index in [2.05, 4.69) is 10.3 Å². The molecule has 0 saturated heterocycles. The van der Waals surface area contributed by atoms with Gasteiger partial charge in [0.15, 0.2) is 0 Å². The Morgan fingerprint density at radius 1 is 1.50 bits per heavy atom. The summed E-state index contributed by atoms with van der Waals surface area (Å²) in [6.45, 7) is 7.32. The van der Waals surface area contributed by atoms with Gasteiger partial charge in [-0.15, -0.1) is 0 Å². The van der Waals surface area contributed by atoms with Crippen molar-refractivity contribution in [2.75, 3.05) is 0 Å². The van der Waals surface area contributed by atoms with Gasteiger partial charge in [0, 0.05) is 23.9 Å². The third-order valence-corrected chi connectivity index (χ3v) is 3.22. The van der Waals surface area contributed by atoms with Crippen molar-refractivity contribution in [3.8, 4) is 0 Å². The van der Waals surface area contributed by atoms with Gasteiger partial charge in [-0.1, -0.05) is 13.8 Å². The van der Waals surface area contributed by atoms with Gasteiger partial charge in [0.1, 0.15) is 0 Å². The average molecular weight is 280 g/mol. The second-order valence-electron chi connectivity index (χ2n) is 5.12. The molecule has 1 aromatic heterocycles. The maximum absolute atomic E-state index is 11.3. The van der Waals surface area contributed by atoms with E-state index in [9.17, 15) is 14.9 Å². The Balaban J connectivity index is 2.97. The molecule has 1 heterocycles. The number of nitrogens with zero attached hydrogens (tertiary/aromatic N) is 2. The highest BCUT2D eigenvalue weighted by Gasteiger charge is 2.22. The molecule has 0 aliphatic carbocycles. The number of primary amides is 1. The molecule has 1 unspecified atom stereocenters. The molecule has 0 aliphatic heterocycles. The summed E-state index contributed by atoms with van der Waals surface area (Å²) >= 11 is 0. The third-order valence-electron chi connectivity index (χ3n) is 3.22. The van der Waals surface area contributed by atoms with Crippen LogP contribution in [0.15, 0.2) is 6.20 Å². The highest BCUT2D eigenvalue weighted by atomic mass is 16.6. The molecule has 0 radical (unpaired) electrons. The molecule has 7 heteroatoms. The van der Waals surface area contributed by atoms with Crippen LogP contribution in [-0.2, 0) is 11.3 Å². The topological polar surface area (TPSA) is 111 Å². The molecule has 20 heavy (non-hydrogen) atoms. The number of rotatable bonds is 6. The van der Waals surface area contributed by atoms with E-state index < -0.39 is 16.9 Å². The molecule has 0 spiro atoms. The van der Waals surface area contributed by atoms with E-state index >= 15 is 0 Å². The number of hydrogen-bond donors (Lipinski definition) is 2. The minimum absolute atomic E-state index is 0.0354. The molecule has 1 rings (SSSR count). The molecular weight excluding hydrogens is 260 g/mol. The van der Waals surface area contributed by atoms with E-state index in [1.54, 1.807) is 13.8 Å². The minimum atomic E-state index is -0.489. The van der Waals surface area contributed by atoms with Gasteiger partial charge in [-0.25, -0.2) is 0 Å². The van der Waals surface area contributed by atoms with Crippen LogP contribution in [0, 0.1) is 29.9 Å². The first-order chi connectivity index (χ1) is 9.25. The smallest absolute Gasteiger partial charge is 0.278 e. The first-order valence-electron chi connectivity index (χ1n) is 6.37. The third kappa shape index (κ3) is 3.51. The number of carbonyl (C=O) groups excluding carboxylic acids is 1. The molecule has 110 valence electrons. The molecule has 1 amide bonds. The van der Waals surface area contributed by atoms with Crippen molar-refractivity contribution in [3.05, 3.63) is 33.1 Å². The van der Waals surface area contributed by atoms with Crippen molar-refractivity contribution in [2.45, 2.75) is 40.3 Å². The zero-order valence-corrected chi connectivity index (χ0v) is 12.1. The van der Waals surface area contributed by atoms with Crippen LogP contribution in [0.5, 0.6) is 0 Å². The van der Waals surface area contributed by atoms with E-state index in [-0.39, 0.29) is 18.2 Å². The van der Waals surface area contributed by atoms with E-state index in [0.717, 1.165) is 0 Å². The molecular formula is C13H20N4O3. The Morgan fingerprint density at radius 2 is 2.10 bits per heavy atom. The van der Waals surface area contributed by atoms with Gasteiger partial charge in [-0.05, 0) is 19.8 Å². The number of aromatic nitrogens is 1. The van der Waals surface area contributed by atoms with E-state index in [1.807, 2.05) is 13.8 Å². The zero-order valence-electron chi connectivity index (χ0n) is 12.1. The van der Waals surface area contributed by atoms with Gasteiger partial charge < -0.3 is 5.73 Å². The normalized spacial score (nSPS) is 12.4. The predicted octanol–water partition coefficient (Wildman–Crippen LogP) is 1.21. The van der Waals surface area contributed by atoms with Crippen LogP contribution in [-0.4, -0.2) is 21.9 Å². The first-order valence-corrected chi connectivity index (χ1v) is 6.37. The van der Waals surface area contributed by atoms with Gasteiger partial charge in [0.05, 0.1) is 16.7 Å². The lowest BCUT2D eigenvalue weighted by atomic mass is 10.0. The summed E-state index contributed by atoms with van der Waals surface area (Å²) in [5.74, 6) is -0.410. The maximum atomic E-state index is 11.3. The van der Waals surface area contributed by atoms with E-state index in [0.29, 0.717) is 16.8 Å². The fraction of sp³-hybridized carbons (Fsp3) is 0.538. The lowest BCUT2D eigenvalue weighted by Gasteiger charge is -2.19. The zero-order chi connectivity index (χ0) is 15.4. The number of nitrogens with one attached hydrogen (secondary N) is 1. The Hall–Kier alpha value is -2.02. The van der Waals surface area contributed by atoms with Crippen molar-refractivity contribution >= 4 is 11.6 Å². The van der Waals surface area contributed by atoms with Gasteiger partial charge in [-0.2, -0.15) is 0 Å². The molecule has 1 atom stereocenters. The number of amides is 1. The van der Waals surface area contributed by atoms with Crippen molar-refractivity contribution in [1.29, 1.82) is 0 Å². The Kier molecular flexibility index (Phi) is 5.15. The molecule has 0 bridgehead atoms. The SMILES string of the molecule is Cc1cnc(CNC(C(N)=O)C(C)C)c(C)c1[N+](=O)[O-]. The molecule has 3 N–H and O–H groups in total. The highest BCUT2D eigenvalue weighted by molar-refractivity contribution is 5.80. The Morgan fingerprint density at radius 3 is 2.55 bits per heavy atom. The molecule has 0 fully saturated rings. The van der Waals surface area contributed by atoms with Gasteiger partial charge in [0.2, 0.25) is 5.91 Å². The van der Waals surface area contributed by atoms with Gasteiger partial charge >= 0.3 is 0 Å². The predicted molar refractivity (Wildman–Crippen MR) is 75.0 cm³/mol. The molecule has 0 aliphatic rings. The molecule has 0 saturated carbocycles. The van der Waals surface area contributed by atoms with E-state index in [4.69, 9.17) is 5.73 Å². The number of nitrogens with two attached hydrogens (primary N) is 1. The molecule has 1 aromatic rings.